The van der Waals surface area contributed by atoms with Crippen LogP contribution in [-0.2, 0) is 16.0 Å². The fourth-order valence-corrected chi connectivity index (χ4v) is 2.00. The molecule has 1 unspecified atom stereocenters. The maximum absolute atomic E-state index is 11.3. The largest absolute Gasteiger partial charge is 0.469 e. The van der Waals surface area contributed by atoms with Crippen molar-refractivity contribution in [1.82, 2.24) is 0 Å². The van der Waals surface area contributed by atoms with Crippen LogP contribution in [0.2, 0.25) is 0 Å². The zero-order valence-electron chi connectivity index (χ0n) is 10.3. The van der Waals surface area contributed by atoms with Crippen molar-refractivity contribution in [2.75, 3.05) is 7.11 Å². The lowest BCUT2D eigenvalue weighted by molar-refractivity contribution is -0.145. The second-order valence-corrected chi connectivity index (χ2v) is 4.45. The molecular weight excluding hydrogens is 200 g/mol. The topological polar surface area (TPSA) is 26.3 Å². The molecule has 2 heteroatoms. The molecule has 88 valence electrons. The molecule has 0 bridgehead atoms. The monoisotopic (exact) mass is 220 g/mol. The minimum atomic E-state index is -0.111. The number of hydrogen-bond acceptors (Lipinski definition) is 2. The van der Waals surface area contributed by atoms with E-state index >= 15 is 0 Å². The first-order chi connectivity index (χ1) is 7.63. The number of benzene rings is 1. The van der Waals surface area contributed by atoms with E-state index in [0.29, 0.717) is 5.92 Å². The molecule has 2 nitrogen and oxygen atoms in total. The van der Waals surface area contributed by atoms with Crippen molar-refractivity contribution in [1.29, 1.82) is 0 Å². The second kappa shape index (κ2) is 6.31. The van der Waals surface area contributed by atoms with Crippen LogP contribution >= 0.6 is 0 Å². The summed E-state index contributed by atoms with van der Waals surface area (Å²) in [5.74, 6) is 0.375. The number of hydrogen-bond donors (Lipinski definition) is 0. The van der Waals surface area contributed by atoms with E-state index in [1.807, 2.05) is 25.1 Å². The van der Waals surface area contributed by atoms with Gasteiger partial charge in [0.05, 0.1) is 13.0 Å². The SMILES string of the molecule is COC(=O)C(C)C[C@@H](C)Cc1ccccc1. The summed E-state index contributed by atoms with van der Waals surface area (Å²) in [7, 11) is 1.45. The van der Waals surface area contributed by atoms with E-state index in [1.54, 1.807) is 0 Å². The minimum absolute atomic E-state index is 0.0105. The van der Waals surface area contributed by atoms with E-state index in [1.165, 1.54) is 12.7 Å². The average Bonchev–Trinajstić information content (AvgIpc) is 2.29. The van der Waals surface area contributed by atoms with E-state index in [2.05, 4.69) is 19.1 Å². The number of esters is 1. The van der Waals surface area contributed by atoms with Crippen LogP contribution in [-0.4, -0.2) is 13.1 Å². The molecule has 0 aliphatic carbocycles. The lowest BCUT2D eigenvalue weighted by Crippen LogP contribution is -2.16. The predicted molar refractivity (Wildman–Crippen MR) is 65.1 cm³/mol. The third-order valence-corrected chi connectivity index (χ3v) is 2.79. The summed E-state index contributed by atoms with van der Waals surface area (Å²) in [6, 6.07) is 10.4. The van der Waals surface area contributed by atoms with Gasteiger partial charge in [-0.1, -0.05) is 44.2 Å². The van der Waals surface area contributed by atoms with Gasteiger partial charge in [-0.2, -0.15) is 0 Å². The van der Waals surface area contributed by atoms with Crippen molar-refractivity contribution in [2.24, 2.45) is 11.8 Å². The lowest BCUT2D eigenvalue weighted by Gasteiger charge is -2.15. The number of carbonyl (C=O) groups is 1. The van der Waals surface area contributed by atoms with Gasteiger partial charge in [-0.05, 0) is 24.3 Å². The molecule has 0 radical (unpaired) electrons. The summed E-state index contributed by atoms with van der Waals surface area (Å²) in [6.07, 6.45) is 1.89. The second-order valence-electron chi connectivity index (χ2n) is 4.45. The highest BCUT2D eigenvalue weighted by Crippen LogP contribution is 2.17. The van der Waals surface area contributed by atoms with E-state index in [9.17, 15) is 4.79 Å². The highest BCUT2D eigenvalue weighted by atomic mass is 16.5. The number of rotatable bonds is 5. The highest BCUT2D eigenvalue weighted by Gasteiger charge is 2.16. The van der Waals surface area contributed by atoms with Crippen LogP contribution in [0, 0.1) is 11.8 Å². The summed E-state index contributed by atoms with van der Waals surface area (Å²) >= 11 is 0. The van der Waals surface area contributed by atoms with E-state index in [0.717, 1.165) is 12.8 Å². The standard InChI is InChI=1S/C14H20O2/c1-11(9-12(2)14(15)16-3)10-13-7-5-4-6-8-13/h4-8,11-12H,9-10H2,1-3H3/t11-,12?/m1/s1. The molecule has 0 aliphatic rings. The summed E-state index contributed by atoms with van der Waals surface area (Å²) in [6.45, 7) is 4.10. The van der Waals surface area contributed by atoms with Crippen LogP contribution in [0.1, 0.15) is 25.8 Å². The molecule has 1 aromatic rings. The Morgan fingerprint density at radius 2 is 1.88 bits per heavy atom. The van der Waals surface area contributed by atoms with E-state index in [-0.39, 0.29) is 11.9 Å². The van der Waals surface area contributed by atoms with Crippen LogP contribution < -0.4 is 0 Å². The molecule has 0 saturated heterocycles. The highest BCUT2D eigenvalue weighted by molar-refractivity contribution is 5.71. The van der Waals surface area contributed by atoms with Crippen molar-refractivity contribution >= 4 is 5.97 Å². The van der Waals surface area contributed by atoms with Crippen LogP contribution in [0.5, 0.6) is 0 Å². The zero-order chi connectivity index (χ0) is 12.0. The summed E-state index contributed by atoms with van der Waals surface area (Å²) in [5.41, 5.74) is 1.33. The Bertz CT molecular complexity index is 319. The van der Waals surface area contributed by atoms with Crippen molar-refractivity contribution < 1.29 is 9.53 Å². The maximum Gasteiger partial charge on any atom is 0.308 e. The van der Waals surface area contributed by atoms with Gasteiger partial charge >= 0.3 is 5.97 Å². The molecule has 0 spiro atoms. The summed E-state index contributed by atoms with van der Waals surface area (Å²) < 4.78 is 4.72. The molecule has 0 saturated carbocycles. The summed E-state index contributed by atoms with van der Waals surface area (Å²) in [5, 5.41) is 0. The molecule has 0 N–H and O–H groups in total. The van der Waals surface area contributed by atoms with Crippen molar-refractivity contribution in [3.63, 3.8) is 0 Å². The van der Waals surface area contributed by atoms with Crippen LogP contribution in [0.15, 0.2) is 30.3 Å². The van der Waals surface area contributed by atoms with Crippen LogP contribution in [0.25, 0.3) is 0 Å². The van der Waals surface area contributed by atoms with Gasteiger partial charge in [-0.15, -0.1) is 0 Å². The third kappa shape index (κ3) is 4.05. The molecule has 0 aliphatic heterocycles. The van der Waals surface area contributed by atoms with Gasteiger partial charge in [-0.3, -0.25) is 4.79 Å². The maximum atomic E-state index is 11.3. The molecule has 0 aromatic heterocycles. The van der Waals surface area contributed by atoms with Gasteiger partial charge in [0.1, 0.15) is 0 Å². The Morgan fingerprint density at radius 1 is 1.25 bits per heavy atom. The zero-order valence-corrected chi connectivity index (χ0v) is 10.3. The smallest absolute Gasteiger partial charge is 0.308 e. The molecule has 0 fully saturated rings. The Kier molecular flexibility index (Phi) is 5.03. The van der Waals surface area contributed by atoms with E-state index < -0.39 is 0 Å². The first kappa shape index (κ1) is 12.8. The van der Waals surface area contributed by atoms with Gasteiger partial charge in [0, 0.05) is 0 Å². The third-order valence-electron chi connectivity index (χ3n) is 2.79. The summed E-state index contributed by atoms with van der Waals surface area (Å²) in [4.78, 5) is 11.3. The molecule has 2 atom stereocenters. The Hall–Kier alpha value is -1.31. The normalized spacial score (nSPS) is 14.2. The van der Waals surface area contributed by atoms with Gasteiger partial charge < -0.3 is 4.74 Å². The van der Waals surface area contributed by atoms with E-state index in [4.69, 9.17) is 4.74 Å². The average molecular weight is 220 g/mol. The number of ether oxygens (including phenoxy) is 1. The Labute approximate surface area is 97.6 Å². The van der Waals surface area contributed by atoms with Crippen LogP contribution in [0.4, 0.5) is 0 Å². The predicted octanol–water partition coefficient (Wildman–Crippen LogP) is 3.06. The minimum Gasteiger partial charge on any atom is -0.469 e. The van der Waals surface area contributed by atoms with Crippen molar-refractivity contribution in [3.05, 3.63) is 35.9 Å². The molecule has 0 amide bonds. The fourth-order valence-electron chi connectivity index (χ4n) is 2.00. The van der Waals surface area contributed by atoms with Gasteiger partial charge in [0.2, 0.25) is 0 Å². The fraction of sp³-hybridized carbons (Fsp3) is 0.500. The molecule has 16 heavy (non-hydrogen) atoms. The van der Waals surface area contributed by atoms with Gasteiger partial charge in [0.15, 0.2) is 0 Å². The lowest BCUT2D eigenvalue weighted by atomic mass is 9.92. The quantitative estimate of drug-likeness (QED) is 0.713. The number of carbonyl (C=O) groups excluding carboxylic acids is 1. The molecular formula is C14H20O2. The molecule has 1 aromatic carbocycles. The first-order valence-electron chi connectivity index (χ1n) is 5.75. The van der Waals surface area contributed by atoms with Crippen LogP contribution in [0.3, 0.4) is 0 Å². The Morgan fingerprint density at radius 3 is 2.44 bits per heavy atom. The Balaban J connectivity index is 2.42. The number of methoxy groups -OCH3 is 1. The van der Waals surface area contributed by atoms with Gasteiger partial charge in [-0.25, -0.2) is 0 Å². The van der Waals surface area contributed by atoms with Crippen molar-refractivity contribution in [3.8, 4) is 0 Å². The van der Waals surface area contributed by atoms with Gasteiger partial charge in [0.25, 0.3) is 0 Å². The molecule has 0 heterocycles. The first-order valence-corrected chi connectivity index (χ1v) is 5.75. The molecule has 1 rings (SSSR count). The van der Waals surface area contributed by atoms with Crippen molar-refractivity contribution in [2.45, 2.75) is 26.7 Å².